The van der Waals surface area contributed by atoms with Crippen molar-refractivity contribution in [3.8, 4) is 0 Å². The second kappa shape index (κ2) is 11.0. The first-order valence-electron chi connectivity index (χ1n) is 9.97. The lowest BCUT2D eigenvalue weighted by Crippen LogP contribution is -2.51. The molecule has 3 amide bonds. The molecule has 0 atom stereocenters. The summed E-state index contributed by atoms with van der Waals surface area (Å²) in [7, 11) is 1.75. The summed E-state index contributed by atoms with van der Waals surface area (Å²) >= 11 is 0. The molecule has 0 aromatic carbocycles. The maximum Gasteiger partial charge on any atom is 0.324 e. The summed E-state index contributed by atoms with van der Waals surface area (Å²) < 4.78 is 0. The number of likely N-dealkylation sites (tertiary alicyclic amines) is 1. The zero-order chi connectivity index (χ0) is 18.4. The molecule has 3 aliphatic rings. The summed E-state index contributed by atoms with van der Waals surface area (Å²) in [5.74, 6) is 0.572. The number of urea groups is 1. The Morgan fingerprint density at radius 2 is 1.85 bits per heavy atom. The van der Waals surface area contributed by atoms with Gasteiger partial charge in [0.1, 0.15) is 0 Å². The van der Waals surface area contributed by atoms with Crippen molar-refractivity contribution in [2.75, 3.05) is 39.8 Å². The largest absolute Gasteiger partial charge is 0.355 e. The minimum Gasteiger partial charge on any atom is -0.355 e. The first-order chi connectivity index (χ1) is 12.7. The van der Waals surface area contributed by atoms with E-state index in [9.17, 15) is 9.59 Å². The quantitative estimate of drug-likeness (QED) is 0.232. The van der Waals surface area contributed by atoms with Crippen molar-refractivity contribution in [1.29, 1.82) is 0 Å². The lowest BCUT2D eigenvalue weighted by Gasteiger charge is -2.39. The van der Waals surface area contributed by atoms with Crippen molar-refractivity contribution in [2.45, 2.75) is 57.0 Å². The van der Waals surface area contributed by atoms with Crippen LogP contribution in [0.15, 0.2) is 4.99 Å². The molecule has 154 valence electrons. The van der Waals surface area contributed by atoms with Gasteiger partial charge in [0.15, 0.2) is 5.96 Å². The number of carbonyl (C=O) groups is 2. The highest BCUT2D eigenvalue weighted by Gasteiger charge is 2.28. The SMILES string of the molecule is CN=C(NCCN1C(=O)CNC1=O)NC1CCN(C2CCCCC2)CC1.I. The van der Waals surface area contributed by atoms with E-state index < -0.39 is 0 Å². The molecule has 8 nitrogen and oxygen atoms in total. The molecule has 0 bridgehead atoms. The Morgan fingerprint density at radius 1 is 1.15 bits per heavy atom. The molecule has 2 saturated heterocycles. The summed E-state index contributed by atoms with van der Waals surface area (Å²) in [4.78, 5) is 31.3. The Hall–Kier alpha value is -1.10. The third-order valence-corrected chi connectivity index (χ3v) is 5.75. The van der Waals surface area contributed by atoms with Gasteiger partial charge < -0.3 is 20.9 Å². The molecule has 2 heterocycles. The maximum atomic E-state index is 11.6. The molecule has 27 heavy (non-hydrogen) atoms. The molecular formula is C18H33IN6O2. The third kappa shape index (κ3) is 6.20. The standard InChI is InChI=1S/C18H32N6O2.HI/c1-19-17(20-9-12-24-16(25)13-21-18(24)26)22-14-7-10-23(11-8-14)15-5-3-2-4-6-15;/h14-15H,2-13H2,1H3,(H,21,26)(H2,19,20,22);1H. The van der Waals surface area contributed by atoms with Crippen molar-refractivity contribution in [3.63, 3.8) is 0 Å². The van der Waals surface area contributed by atoms with E-state index in [4.69, 9.17) is 0 Å². The first-order valence-corrected chi connectivity index (χ1v) is 9.97. The van der Waals surface area contributed by atoms with Crippen molar-refractivity contribution >= 4 is 41.9 Å². The number of amides is 3. The van der Waals surface area contributed by atoms with Crippen LogP contribution in [0, 0.1) is 0 Å². The molecule has 0 unspecified atom stereocenters. The number of halogens is 1. The van der Waals surface area contributed by atoms with Crippen molar-refractivity contribution < 1.29 is 9.59 Å². The highest BCUT2D eigenvalue weighted by Crippen LogP contribution is 2.25. The number of guanidine groups is 1. The van der Waals surface area contributed by atoms with Gasteiger partial charge in [0.2, 0.25) is 5.91 Å². The van der Waals surface area contributed by atoms with Crippen LogP contribution >= 0.6 is 24.0 Å². The van der Waals surface area contributed by atoms with E-state index in [2.05, 4.69) is 25.8 Å². The van der Waals surface area contributed by atoms with Gasteiger partial charge in [0.25, 0.3) is 0 Å². The number of imide groups is 1. The van der Waals surface area contributed by atoms with Gasteiger partial charge in [-0.05, 0) is 25.7 Å². The molecule has 1 aliphatic carbocycles. The zero-order valence-electron chi connectivity index (χ0n) is 16.2. The fourth-order valence-corrected chi connectivity index (χ4v) is 4.21. The van der Waals surface area contributed by atoms with Gasteiger partial charge in [-0.2, -0.15) is 0 Å². The Morgan fingerprint density at radius 3 is 2.44 bits per heavy atom. The van der Waals surface area contributed by atoms with Crippen LogP contribution in [0.4, 0.5) is 4.79 Å². The lowest BCUT2D eigenvalue weighted by molar-refractivity contribution is -0.124. The van der Waals surface area contributed by atoms with E-state index in [1.54, 1.807) is 7.05 Å². The number of hydrogen-bond donors (Lipinski definition) is 3. The molecule has 9 heteroatoms. The number of aliphatic imine (C=N–C) groups is 1. The van der Waals surface area contributed by atoms with Crippen molar-refractivity contribution in [3.05, 3.63) is 0 Å². The summed E-state index contributed by atoms with van der Waals surface area (Å²) in [6.07, 6.45) is 9.16. The number of nitrogens with one attached hydrogen (secondary N) is 3. The van der Waals surface area contributed by atoms with Crippen LogP contribution in [0.5, 0.6) is 0 Å². The predicted molar refractivity (Wildman–Crippen MR) is 116 cm³/mol. The molecule has 3 fully saturated rings. The van der Waals surface area contributed by atoms with Crippen molar-refractivity contribution in [2.24, 2.45) is 4.99 Å². The average Bonchev–Trinajstić information content (AvgIpc) is 3.00. The number of piperidine rings is 1. The Bertz CT molecular complexity index is 514. The van der Waals surface area contributed by atoms with Gasteiger partial charge in [0.05, 0.1) is 6.54 Å². The molecule has 0 radical (unpaired) electrons. The van der Waals surface area contributed by atoms with Crippen LogP contribution < -0.4 is 16.0 Å². The molecule has 3 rings (SSSR count). The Kier molecular flexibility index (Phi) is 9.07. The molecule has 2 aliphatic heterocycles. The van der Waals surface area contributed by atoms with Crippen LogP contribution in [0.1, 0.15) is 44.9 Å². The van der Waals surface area contributed by atoms with E-state index in [0.29, 0.717) is 19.1 Å². The molecule has 3 N–H and O–H groups in total. The number of carbonyl (C=O) groups excluding carboxylic acids is 2. The summed E-state index contributed by atoms with van der Waals surface area (Å²) in [5.41, 5.74) is 0. The van der Waals surface area contributed by atoms with Gasteiger partial charge in [-0.1, -0.05) is 19.3 Å². The van der Waals surface area contributed by atoms with E-state index in [1.807, 2.05) is 0 Å². The summed E-state index contributed by atoms with van der Waals surface area (Å²) in [6, 6.07) is 0.916. The average molecular weight is 492 g/mol. The van der Waals surface area contributed by atoms with Gasteiger partial charge in [-0.3, -0.25) is 14.7 Å². The van der Waals surface area contributed by atoms with Gasteiger partial charge in [0, 0.05) is 45.3 Å². The van der Waals surface area contributed by atoms with E-state index in [-0.39, 0.29) is 42.5 Å². The third-order valence-electron chi connectivity index (χ3n) is 5.75. The van der Waals surface area contributed by atoms with Crippen LogP contribution in [-0.4, -0.2) is 79.6 Å². The minimum atomic E-state index is -0.310. The number of hydrogen-bond acceptors (Lipinski definition) is 4. The first kappa shape index (κ1) is 22.2. The highest BCUT2D eigenvalue weighted by molar-refractivity contribution is 14.0. The maximum absolute atomic E-state index is 11.6. The molecular weight excluding hydrogens is 459 g/mol. The smallest absolute Gasteiger partial charge is 0.324 e. The minimum absolute atomic E-state index is 0. The van der Waals surface area contributed by atoms with Crippen LogP contribution in [0.25, 0.3) is 0 Å². The highest BCUT2D eigenvalue weighted by atomic mass is 127. The molecule has 0 aromatic heterocycles. The lowest BCUT2D eigenvalue weighted by atomic mass is 9.92. The van der Waals surface area contributed by atoms with Crippen LogP contribution in [0.3, 0.4) is 0 Å². The summed E-state index contributed by atoms with van der Waals surface area (Å²) in [5, 5.41) is 9.22. The van der Waals surface area contributed by atoms with Gasteiger partial charge in [-0.15, -0.1) is 24.0 Å². The predicted octanol–water partition coefficient (Wildman–Crippen LogP) is 1.12. The number of rotatable bonds is 5. The van der Waals surface area contributed by atoms with Gasteiger partial charge in [-0.25, -0.2) is 4.79 Å². The fraction of sp³-hybridized carbons (Fsp3) is 0.833. The van der Waals surface area contributed by atoms with Crippen LogP contribution in [0.2, 0.25) is 0 Å². The fourth-order valence-electron chi connectivity index (χ4n) is 4.21. The zero-order valence-corrected chi connectivity index (χ0v) is 18.5. The second-order valence-corrected chi connectivity index (χ2v) is 7.45. The normalized spacial score (nSPS) is 23.1. The summed E-state index contributed by atoms with van der Waals surface area (Å²) in [6.45, 7) is 3.26. The number of nitrogens with zero attached hydrogens (tertiary/aromatic N) is 3. The Balaban J connectivity index is 0.00000261. The van der Waals surface area contributed by atoms with E-state index in [1.165, 1.54) is 37.0 Å². The topological polar surface area (TPSA) is 89.1 Å². The van der Waals surface area contributed by atoms with Gasteiger partial charge >= 0.3 is 6.03 Å². The van der Waals surface area contributed by atoms with E-state index in [0.717, 1.165) is 37.9 Å². The monoisotopic (exact) mass is 492 g/mol. The Labute approximate surface area is 178 Å². The van der Waals surface area contributed by atoms with E-state index >= 15 is 0 Å². The molecule has 0 spiro atoms. The second-order valence-electron chi connectivity index (χ2n) is 7.45. The molecule has 1 saturated carbocycles. The molecule has 0 aromatic rings. The van der Waals surface area contributed by atoms with Crippen molar-refractivity contribution in [1.82, 2.24) is 25.8 Å². The van der Waals surface area contributed by atoms with Crippen LogP contribution in [-0.2, 0) is 4.79 Å².